The fraction of sp³-hybridized carbons (Fsp3) is 0.909. The van der Waals surface area contributed by atoms with Crippen molar-refractivity contribution < 1.29 is 4.79 Å². The van der Waals surface area contributed by atoms with Gasteiger partial charge in [-0.3, -0.25) is 9.69 Å². The van der Waals surface area contributed by atoms with E-state index in [1.165, 1.54) is 0 Å². The number of nitrogens with one attached hydrogen (secondary N) is 1. The lowest BCUT2D eigenvalue weighted by molar-refractivity contribution is -0.123. The van der Waals surface area contributed by atoms with Gasteiger partial charge in [0.05, 0.1) is 6.54 Å². The second kappa shape index (κ2) is 5.05. The molecule has 0 radical (unpaired) electrons. The van der Waals surface area contributed by atoms with Crippen molar-refractivity contribution in [3.05, 3.63) is 0 Å². The summed E-state index contributed by atoms with van der Waals surface area (Å²) < 4.78 is 0. The first-order chi connectivity index (χ1) is 7.25. The molecule has 15 heavy (non-hydrogen) atoms. The summed E-state index contributed by atoms with van der Waals surface area (Å²) in [5.74, 6) is 0.717. The van der Waals surface area contributed by atoms with Crippen LogP contribution in [0.25, 0.3) is 0 Å². The van der Waals surface area contributed by atoms with Gasteiger partial charge in [-0.1, -0.05) is 0 Å². The van der Waals surface area contributed by atoms with Gasteiger partial charge in [0.25, 0.3) is 0 Å². The lowest BCUT2D eigenvalue weighted by Gasteiger charge is -2.32. The van der Waals surface area contributed by atoms with Crippen molar-refractivity contribution in [1.29, 1.82) is 0 Å². The summed E-state index contributed by atoms with van der Waals surface area (Å²) in [6, 6.07) is 0. The van der Waals surface area contributed by atoms with E-state index >= 15 is 0 Å². The maximum atomic E-state index is 11.9. The molecule has 2 fully saturated rings. The average molecular weight is 211 g/mol. The highest BCUT2D eigenvalue weighted by atomic mass is 16.1. The molecule has 2 saturated heterocycles. The monoisotopic (exact) mass is 211 g/mol. The molecule has 86 valence electrons. The van der Waals surface area contributed by atoms with E-state index in [9.17, 15) is 4.79 Å². The van der Waals surface area contributed by atoms with E-state index in [2.05, 4.69) is 22.2 Å². The molecule has 0 aromatic heterocycles. The van der Waals surface area contributed by atoms with Gasteiger partial charge in [0, 0.05) is 38.6 Å². The highest BCUT2D eigenvalue weighted by molar-refractivity contribution is 5.83. The summed E-state index contributed by atoms with van der Waals surface area (Å²) in [5.41, 5.74) is 0. The van der Waals surface area contributed by atoms with Gasteiger partial charge in [0.1, 0.15) is 0 Å². The minimum absolute atomic E-state index is 0.282. The fourth-order valence-corrected chi connectivity index (χ4v) is 2.28. The van der Waals surface area contributed by atoms with Crippen LogP contribution in [0.15, 0.2) is 0 Å². The zero-order chi connectivity index (χ0) is 10.7. The van der Waals surface area contributed by atoms with Crippen molar-refractivity contribution in [1.82, 2.24) is 15.1 Å². The third kappa shape index (κ3) is 3.00. The summed E-state index contributed by atoms with van der Waals surface area (Å²) in [6.45, 7) is 6.85. The smallest absolute Gasteiger partial charge is 0.151 e. The first kappa shape index (κ1) is 11.0. The zero-order valence-corrected chi connectivity index (χ0v) is 9.54. The molecule has 1 unspecified atom stereocenters. The van der Waals surface area contributed by atoms with Crippen LogP contribution < -0.4 is 5.32 Å². The van der Waals surface area contributed by atoms with E-state index in [4.69, 9.17) is 0 Å². The Labute approximate surface area is 91.6 Å². The number of hydrogen-bond donors (Lipinski definition) is 1. The van der Waals surface area contributed by atoms with E-state index in [0.29, 0.717) is 12.3 Å². The highest BCUT2D eigenvalue weighted by Crippen LogP contribution is 2.10. The molecule has 2 rings (SSSR count). The molecule has 0 aliphatic carbocycles. The standard InChI is InChI=1S/C11H21N3O/c1-13-4-6-14(7-5-13)9-11(15)10-2-3-12-8-10/h10,12H,2-9H2,1H3. The van der Waals surface area contributed by atoms with Gasteiger partial charge in [-0.2, -0.15) is 0 Å². The lowest BCUT2D eigenvalue weighted by atomic mass is 10.0. The number of likely N-dealkylation sites (N-methyl/N-ethyl adjacent to an activating group) is 1. The van der Waals surface area contributed by atoms with Gasteiger partial charge >= 0.3 is 0 Å². The van der Waals surface area contributed by atoms with Crippen molar-refractivity contribution in [2.75, 3.05) is 52.9 Å². The van der Waals surface area contributed by atoms with Crippen molar-refractivity contribution >= 4 is 5.78 Å². The third-order valence-corrected chi connectivity index (χ3v) is 3.49. The lowest BCUT2D eigenvalue weighted by Crippen LogP contribution is -2.47. The second-order valence-corrected chi connectivity index (χ2v) is 4.74. The quantitative estimate of drug-likeness (QED) is 0.677. The van der Waals surface area contributed by atoms with E-state index < -0.39 is 0 Å². The SMILES string of the molecule is CN1CCN(CC(=O)C2CCNC2)CC1. The van der Waals surface area contributed by atoms with Gasteiger partial charge < -0.3 is 10.2 Å². The Hall–Kier alpha value is -0.450. The molecule has 2 aliphatic heterocycles. The molecular formula is C11H21N3O. The van der Waals surface area contributed by atoms with Crippen molar-refractivity contribution in [2.45, 2.75) is 6.42 Å². The maximum Gasteiger partial charge on any atom is 0.151 e. The minimum Gasteiger partial charge on any atom is -0.316 e. The summed E-state index contributed by atoms with van der Waals surface area (Å²) in [4.78, 5) is 16.5. The molecule has 4 nitrogen and oxygen atoms in total. The molecule has 1 N–H and O–H groups in total. The Balaban J connectivity index is 1.74. The van der Waals surface area contributed by atoms with Crippen molar-refractivity contribution in [2.24, 2.45) is 5.92 Å². The fourth-order valence-electron chi connectivity index (χ4n) is 2.28. The molecule has 0 aromatic rings. The van der Waals surface area contributed by atoms with Crippen molar-refractivity contribution in [3.8, 4) is 0 Å². The van der Waals surface area contributed by atoms with E-state index in [1.54, 1.807) is 0 Å². The largest absolute Gasteiger partial charge is 0.316 e. The first-order valence-electron chi connectivity index (χ1n) is 5.90. The molecule has 2 aliphatic rings. The van der Waals surface area contributed by atoms with Crippen LogP contribution in [0.5, 0.6) is 0 Å². The van der Waals surface area contributed by atoms with Gasteiger partial charge in [-0.15, -0.1) is 0 Å². The van der Waals surface area contributed by atoms with Crippen LogP contribution >= 0.6 is 0 Å². The molecule has 0 spiro atoms. The molecule has 0 aromatic carbocycles. The Morgan fingerprint density at radius 1 is 1.33 bits per heavy atom. The molecule has 0 saturated carbocycles. The average Bonchev–Trinajstić information content (AvgIpc) is 2.74. The molecule has 0 amide bonds. The number of piperazine rings is 1. The predicted octanol–water partition coefficient (Wildman–Crippen LogP) is -0.588. The topological polar surface area (TPSA) is 35.6 Å². The van der Waals surface area contributed by atoms with Crippen LogP contribution in [0.3, 0.4) is 0 Å². The summed E-state index contributed by atoms with van der Waals surface area (Å²) in [7, 11) is 2.14. The zero-order valence-electron chi connectivity index (χ0n) is 9.54. The summed E-state index contributed by atoms with van der Waals surface area (Å²) >= 11 is 0. The Kier molecular flexibility index (Phi) is 3.72. The molecule has 1 atom stereocenters. The molecule has 4 heteroatoms. The minimum atomic E-state index is 0.282. The third-order valence-electron chi connectivity index (χ3n) is 3.49. The van der Waals surface area contributed by atoms with Gasteiger partial charge in [-0.05, 0) is 20.0 Å². The van der Waals surface area contributed by atoms with Crippen molar-refractivity contribution in [3.63, 3.8) is 0 Å². The maximum absolute atomic E-state index is 11.9. The molecule has 0 bridgehead atoms. The number of hydrogen-bond acceptors (Lipinski definition) is 4. The first-order valence-corrected chi connectivity index (χ1v) is 5.90. The van der Waals surface area contributed by atoms with Crippen LogP contribution in [0.1, 0.15) is 6.42 Å². The van der Waals surface area contributed by atoms with Gasteiger partial charge in [0.2, 0.25) is 0 Å². The summed E-state index contributed by atoms with van der Waals surface area (Å²) in [6.07, 6.45) is 1.03. The van der Waals surface area contributed by atoms with Crippen LogP contribution in [0, 0.1) is 5.92 Å². The Morgan fingerprint density at radius 3 is 2.67 bits per heavy atom. The Morgan fingerprint density at radius 2 is 2.07 bits per heavy atom. The van der Waals surface area contributed by atoms with Crippen LogP contribution in [0.2, 0.25) is 0 Å². The number of rotatable bonds is 3. The van der Waals surface area contributed by atoms with E-state index in [-0.39, 0.29) is 5.92 Å². The number of carbonyl (C=O) groups is 1. The number of carbonyl (C=O) groups excluding carboxylic acids is 1. The molecular weight excluding hydrogens is 190 g/mol. The number of ketones is 1. The van der Waals surface area contributed by atoms with E-state index in [0.717, 1.165) is 45.7 Å². The highest BCUT2D eigenvalue weighted by Gasteiger charge is 2.25. The summed E-state index contributed by atoms with van der Waals surface area (Å²) in [5, 5.41) is 3.25. The van der Waals surface area contributed by atoms with Crippen LogP contribution in [0.4, 0.5) is 0 Å². The van der Waals surface area contributed by atoms with Crippen LogP contribution in [-0.2, 0) is 4.79 Å². The molecule has 2 heterocycles. The normalized spacial score (nSPS) is 29.5. The number of Topliss-reactive ketones (excluding diaryl/α,β-unsaturated/α-hetero) is 1. The predicted molar refractivity (Wildman–Crippen MR) is 59.9 cm³/mol. The van der Waals surface area contributed by atoms with E-state index in [1.807, 2.05) is 0 Å². The second-order valence-electron chi connectivity index (χ2n) is 4.74. The van der Waals surface area contributed by atoms with Gasteiger partial charge in [0.15, 0.2) is 5.78 Å². The number of nitrogens with zero attached hydrogens (tertiary/aromatic N) is 2. The van der Waals surface area contributed by atoms with Crippen LogP contribution in [-0.4, -0.2) is 68.4 Å². The van der Waals surface area contributed by atoms with Gasteiger partial charge in [-0.25, -0.2) is 0 Å². The Bertz CT molecular complexity index is 218.